The van der Waals surface area contributed by atoms with Gasteiger partial charge in [0.1, 0.15) is 5.60 Å². The molecule has 0 atom stereocenters. The standard InChI is InChI=1S/C34H66N4O13/c1-34(2,3)51-33(40)37-9-15-44-21-27-50-31-30-47-24-18-41-12-6-32(39)38(10-16-45-22-28-48-25-19-42-13-7-35-4)11-17-46-23-29-49-26-20-43-14-8-36-5/h4-31H2,1-3H3,(H,37,40). The number of amides is 2. The third-order valence-corrected chi connectivity index (χ3v) is 6.13. The summed E-state index contributed by atoms with van der Waals surface area (Å²) < 4.78 is 60.1. The molecule has 0 heterocycles. The fourth-order valence-electron chi connectivity index (χ4n) is 3.67. The zero-order valence-corrected chi connectivity index (χ0v) is 31.4. The average molecular weight is 739 g/mol. The summed E-state index contributed by atoms with van der Waals surface area (Å²) in [5.41, 5.74) is -0.532. The van der Waals surface area contributed by atoms with Crippen molar-refractivity contribution in [2.24, 2.45) is 9.98 Å². The molecule has 0 unspecified atom stereocenters. The monoisotopic (exact) mass is 738 g/mol. The Labute approximate surface area is 304 Å². The number of nitrogens with zero attached hydrogens (tertiary/aromatic N) is 3. The van der Waals surface area contributed by atoms with Gasteiger partial charge in [-0.15, -0.1) is 0 Å². The van der Waals surface area contributed by atoms with E-state index >= 15 is 0 Å². The topological polar surface area (TPSA) is 176 Å². The zero-order chi connectivity index (χ0) is 37.5. The molecule has 17 nitrogen and oxygen atoms in total. The molecule has 0 radical (unpaired) electrons. The van der Waals surface area contributed by atoms with Crippen molar-refractivity contribution < 1.29 is 61.7 Å². The number of carbonyl (C=O) groups is 2. The van der Waals surface area contributed by atoms with Gasteiger partial charge in [0.05, 0.1) is 152 Å². The van der Waals surface area contributed by atoms with E-state index in [1.807, 2.05) is 0 Å². The second-order valence-corrected chi connectivity index (χ2v) is 11.6. The lowest BCUT2D eigenvalue weighted by molar-refractivity contribution is -0.134. The van der Waals surface area contributed by atoms with Crippen LogP contribution in [0.2, 0.25) is 0 Å². The molecule has 0 saturated heterocycles. The molecule has 51 heavy (non-hydrogen) atoms. The lowest BCUT2D eigenvalue weighted by Crippen LogP contribution is -2.37. The normalized spacial score (nSPS) is 11.4. The lowest BCUT2D eigenvalue weighted by Gasteiger charge is -2.23. The summed E-state index contributed by atoms with van der Waals surface area (Å²) in [5.74, 6) is -0.0517. The van der Waals surface area contributed by atoms with Crippen LogP contribution in [0.15, 0.2) is 9.98 Å². The molecule has 0 rings (SSSR count). The van der Waals surface area contributed by atoms with E-state index in [9.17, 15) is 9.59 Å². The smallest absolute Gasteiger partial charge is 0.407 e. The molecule has 0 fully saturated rings. The predicted octanol–water partition coefficient (Wildman–Crippen LogP) is 1.30. The summed E-state index contributed by atoms with van der Waals surface area (Å²) in [4.78, 5) is 33.6. The van der Waals surface area contributed by atoms with E-state index in [0.717, 1.165) is 0 Å². The Morgan fingerprint density at radius 1 is 0.510 bits per heavy atom. The molecule has 0 aromatic carbocycles. The maximum absolute atomic E-state index is 12.9. The number of hydrogen-bond donors (Lipinski definition) is 1. The average Bonchev–Trinajstić information content (AvgIpc) is 3.09. The van der Waals surface area contributed by atoms with Crippen LogP contribution in [-0.4, -0.2) is 201 Å². The number of alkyl carbamates (subject to hydrolysis) is 1. The molecule has 2 amide bonds. The number of hydrogen-bond acceptors (Lipinski definition) is 15. The number of carbonyl (C=O) groups excluding carboxylic acids is 2. The van der Waals surface area contributed by atoms with Crippen molar-refractivity contribution in [3.05, 3.63) is 0 Å². The summed E-state index contributed by atoms with van der Waals surface area (Å²) in [7, 11) is 0. The molecule has 1 N–H and O–H groups in total. The van der Waals surface area contributed by atoms with Gasteiger partial charge in [-0.05, 0) is 34.2 Å². The van der Waals surface area contributed by atoms with Crippen LogP contribution in [0.25, 0.3) is 0 Å². The van der Waals surface area contributed by atoms with E-state index in [1.165, 1.54) is 0 Å². The molecule has 0 aromatic rings. The quantitative estimate of drug-likeness (QED) is 0.0707. The Balaban J connectivity index is 4.02. The third-order valence-electron chi connectivity index (χ3n) is 6.13. The van der Waals surface area contributed by atoms with Crippen molar-refractivity contribution in [1.82, 2.24) is 10.2 Å². The molecule has 17 heteroatoms. The largest absolute Gasteiger partial charge is 0.444 e. The van der Waals surface area contributed by atoms with Crippen LogP contribution in [0, 0.1) is 0 Å². The SMILES string of the molecule is C=NCCOCCOCCOCCN(CCOCCOCCOCCN=C)C(=O)CCOCCOCCOCCOCCNC(=O)OC(C)(C)C. The van der Waals surface area contributed by atoms with Gasteiger partial charge < -0.3 is 62.3 Å². The van der Waals surface area contributed by atoms with Crippen molar-refractivity contribution in [2.45, 2.75) is 32.8 Å². The number of nitrogens with one attached hydrogen (secondary N) is 1. The summed E-state index contributed by atoms with van der Waals surface area (Å²) in [6, 6.07) is 0. The molecule has 0 saturated carbocycles. The number of rotatable bonds is 39. The van der Waals surface area contributed by atoms with Crippen LogP contribution >= 0.6 is 0 Å². The minimum Gasteiger partial charge on any atom is -0.444 e. The van der Waals surface area contributed by atoms with Crippen molar-refractivity contribution >= 4 is 25.4 Å². The van der Waals surface area contributed by atoms with Crippen molar-refractivity contribution in [3.63, 3.8) is 0 Å². The van der Waals surface area contributed by atoms with Gasteiger partial charge in [0.2, 0.25) is 5.91 Å². The Bertz CT molecular complexity index is 792. The van der Waals surface area contributed by atoms with Gasteiger partial charge in [-0.25, -0.2) is 4.79 Å². The number of aliphatic imine (C=N–C) groups is 2. The molecule has 0 aromatic heterocycles. The molecule has 300 valence electrons. The van der Waals surface area contributed by atoms with E-state index in [0.29, 0.717) is 158 Å². The summed E-state index contributed by atoms with van der Waals surface area (Å²) >= 11 is 0. The fourth-order valence-corrected chi connectivity index (χ4v) is 3.67. The summed E-state index contributed by atoms with van der Waals surface area (Å²) in [6.07, 6.45) is -0.242. The van der Waals surface area contributed by atoms with Crippen LogP contribution < -0.4 is 5.32 Å². The van der Waals surface area contributed by atoms with E-state index < -0.39 is 11.7 Å². The highest BCUT2D eigenvalue weighted by molar-refractivity contribution is 5.76. The van der Waals surface area contributed by atoms with Gasteiger partial charge in [0.15, 0.2) is 0 Å². The third kappa shape index (κ3) is 38.7. The van der Waals surface area contributed by atoms with E-state index in [-0.39, 0.29) is 18.9 Å². The van der Waals surface area contributed by atoms with Gasteiger partial charge in [-0.3, -0.25) is 14.8 Å². The van der Waals surface area contributed by atoms with Gasteiger partial charge in [-0.2, -0.15) is 0 Å². The summed E-state index contributed by atoms with van der Waals surface area (Å²) in [5, 5.41) is 2.63. The molecular formula is C34H66N4O13. The molecule has 0 aliphatic heterocycles. The van der Waals surface area contributed by atoms with Gasteiger partial charge in [0, 0.05) is 19.6 Å². The fraction of sp³-hybridized carbons (Fsp3) is 0.882. The Morgan fingerprint density at radius 3 is 1.22 bits per heavy atom. The van der Waals surface area contributed by atoms with Gasteiger partial charge in [-0.1, -0.05) is 0 Å². The van der Waals surface area contributed by atoms with E-state index in [1.54, 1.807) is 25.7 Å². The first kappa shape index (κ1) is 48.7. The maximum Gasteiger partial charge on any atom is 0.407 e. The maximum atomic E-state index is 12.9. The first-order valence-electron chi connectivity index (χ1n) is 17.7. The van der Waals surface area contributed by atoms with Crippen molar-refractivity contribution in [2.75, 3.05) is 165 Å². The highest BCUT2D eigenvalue weighted by Gasteiger charge is 2.15. The Kier molecular flexibility index (Phi) is 35.7. The zero-order valence-electron chi connectivity index (χ0n) is 31.4. The van der Waals surface area contributed by atoms with Crippen LogP contribution in [0.1, 0.15) is 27.2 Å². The number of ether oxygens (including phenoxy) is 11. The molecule has 0 aliphatic rings. The van der Waals surface area contributed by atoms with Gasteiger partial charge >= 0.3 is 6.09 Å². The molecular weight excluding hydrogens is 672 g/mol. The lowest BCUT2D eigenvalue weighted by atomic mass is 10.2. The molecule has 0 aliphatic carbocycles. The molecule has 0 spiro atoms. The van der Waals surface area contributed by atoms with Crippen molar-refractivity contribution in [3.8, 4) is 0 Å². The Morgan fingerprint density at radius 2 is 0.843 bits per heavy atom. The molecule has 0 bridgehead atoms. The predicted molar refractivity (Wildman–Crippen MR) is 192 cm³/mol. The minimum atomic E-state index is -0.532. The minimum absolute atomic E-state index is 0.0517. The van der Waals surface area contributed by atoms with E-state index in [2.05, 4.69) is 28.7 Å². The second-order valence-electron chi connectivity index (χ2n) is 11.6. The highest BCUT2D eigenvalue weighted by atomic mass is 16.6. The second kappa shape index (κ2) is 37.4. The first-order valence-corrected chi connectivity index (χ1v) is 17.7. The highest BCUT2D eigenvalue weighted by Crippen LogP contribution is 2.06. The van der Waals surface area contributed by atoms with Crippen LogP contribution in [0.5, 0.6) is 0 Å². The van der Waals surface area contributed by atoms with Crippen molar-refractivity contribution in [1.29, 1.82) is 0 Å². The van der Waals surface area contributed by atoms with Gasteiger partial charge in [0.25, 0.3) is 0 Å². The Hall–Kier alpha value is -2.32. The first-order chi connectivity index (χ1) is 24.8. The van der Waals surface area contributed by atoms with Crippen LogP contribution in [-0.2, 0) is 56.9 Å². The van der Waals surface area contributed by atoms with E-state index in [4.69, 9.17) is 52.1 Å². The summed E-state index contributed by atoms with van der Waals surface area (Å²) in [6.45, 7) is 23.0. The van der Waals surface area contributed by atoms with Crippen LogP contribution in [0.3, 0.4) is 0 Å². The van der Waals surface area contributed by atoms with Crippen LogP contribution in [0.4, 0.5) is 4.79 Å².